The predicted octanol–water partition coefficient (Wildman–Crippen LogP) is 2.71. The number of fused-ring (bicyclic) bond motifs is 1. The van der Waals surface area contributed by atoms with E-state index < -0.39 is 0 Å². The molecule has 0 radical (unpaired) electrons. The number of aliphatic imine (C=N–C) groups is 1. The Labute approximate surface area is 106 Å². The van der Waals surface area contributed by atoms with Crippen LogP contribution in [0.4, 0.5) is 0 Å². The molecule has 1 fully saturated rings. The Bertz CT molecular complexity index is 432. The summed E-state index contributed by atoms with van der Waals surface area (Å²) >= 11 is 1.90. The molecule has 90 valence electrons. The summed E-state index contributed by atoms with van der Waals surface area (Å²) < 4.78 is 0. The zero-order chi connectivity index (χ0) is 11.8. The number of thioether (sulfide) groups is 1. The first-order valence-corrected chi connectivity index (χ1v) is 7.19. The van der Waals surface area contributed by atoms with Gasteiger partial charge in [-0.3, -0.25) is 9.98 Å². The molecule has 0 saturated carbocycles. The van der Waals surface area contributed by atoms with Crippen molar-refractivity contribution in [1.82, 2.24) is 9.88 Å². The standard InChI is InChI=1S/C13H17N3S/c1-3-10-8-17-13-15-12(9(2)16(10)13)11-6-4-5-7-14-11/h4-7,9-10,12H,3,8H2,1-2H3/t9-,10-,12-/m1/s1. The minimum atomic E-state index is 0.216. The molecule has 0 bridgehead atoms. The van der Waals surface area contributed by atoms with Crippen LogP contribution in [0.15, 0.2) is 29.4 Å². The molecule has 3 atom stereocenters. The van der Waals surface area contributed by atoms with Crippen LogP contribution < -0.4 is 0 Å². The van der Waals surface area contributed by atoms with E-state index in [1.807, 2.05) is 30.1 Å². The molecule has 0 unspecified atom stereocenters. The molecule has 3 rings (SSSR count). The van der Waals surface area contributed by atoms with E-state index in [0.717, 1.165) is 5.69 Å². The maximum atomic E-state index is 4.84. The second kappa shape index (κ2) is 4.33. The lowest BCUT2D eigenvalue weighted by Gasteiger charge is -2.28. The molecule has 3 nitrogen and oxygen atoms in total. The fraction of sp³-hybridized carbons (Fsp3) is 0.538. The molecule has 0 N–H and O–H groups in total. The summed E-state index contributed by atoms with van der Waals surface area (Å²) in [6.45, 7) is 4.53. The van der Waals surface area contributed by atoms with Crippen molar-refractivity contribution >= 4 is 16.9 Å². The highest BCUT2D eigenvalue weighted by molar-refractivity contribution is 8.14. The first kappa shape index (κ1) is 11.1. The number of hydrogen-bond donors (Lipinski definition) is 0. The Morgan fingerprint density at radius 2 is 2.35 bits per heavy atom. The first-order chi connectivity index (χ1) is 8.31. The highest BCUT2D eigenvalue weighted by Gasteiger charge is 2.42. The van der Waals surface area contributed by atoms with Gasteiger partial charge in [-0.05, 0) is 25.5 Å². The lowest BCUT2D eigenvalue weighted by atomic mass is 10.0. The summed E-state index contributed by atoms with van der Waals surface area (Å²) in [4.78, 5) is 11.8. The molecular weight excluding hydrogens is 230 g/mol. The topological polar surface area (TPSA) is 28.5 Å². The number of hydrogen-bond acceptors (Lipinski definition) is 4. The van der Waals surface area contributed by atoms with Crippen LogP contribution in [0.25, 0.3) is 0 Å². The number of aromatic nitrogens is 1. The first-order valence-electron chi connectivity index (χ1n) is 6.21. The molecule has 1 aromatic rings. The highest BCUT2D eigenvalue weighted by Crippen LogP contribution is 2.40. The second-order valence-corrected chi connectivity index (χ2v) is 5.62. The molecule has 1 saturated heterocycles. The molecular formula is C13H17N3S. The van der Waals surface area contributed by atoms with Crippen LogP contribution in [0.3, 0.4) is 0 Å². The minimum Gasteiger partial charge on any atom is -0.342 e. The van der Waals surface area contributed by atoms with Crippen molar-refractivity contribution in [1.29, 1.82) is 0 Å². The fourth-order valence-corrected chi connectivity index (χ4v) is 4.04. The van der Waals surface area contributed by atoms with Gasteiger partial charge in [-0.25, -0.2) is 0 Å². The monoisotopic (exact) mass is 247 g/mol. The van der Waals surface area contributed by atoms with Gasteiger partial charge >= 0.3 is 0 Å². The number of rotatable bonds is 2. The molecule has 0 aromatic carbocycles. The Hall–Kier alpha value is -1.03. The summed E-state index contributed by atoms with van der Waals surface area (Å²) in [6, 6.07) is 7.40. The lowest BCUT2D eigenvalue weighted by Crippen LogP contribution is -2.38. The van der Waals surface area contributed by atoms with E-state index in [1.54, 1.807) is 0 Å². The SMILES string of the molecule is CC[C@@H]1CSC2=N[C@@H](c3ccccn3)[C@@H](C)N21. The van der Waals surface area contributed by atoms with Gasteiger partial charge in [0, 0.05) is 18.0 Å². The van der Waals surface area contributed by atoms with Crippen LogP contribution in [0.2, 0.25) is 0 Å². The van der Waals surface area contributed by atoms with Crippen LogP contribution in [-0.2, 0) is 0 Å². The molecule has 0 amide bonds. The van der Waals surface area contributed by atoms with E-state index in [2.05, 4.69) is 29.8 Å². The Balaban J connectivity index is 1.89. The van der Waals surface area contributed by atoms with Gasteiger partial charge in [-0.1, -0.05) is 24.8 Å². The second-order valence-electron chi connectivity index (χ2n) is 4.63. The molecule has 17 heavy (non-hydrogen) atoms. The van der Waals surface area contributed by atoms with Gasteiger partial charge in [-0.2, -0.15) is 0 Å². The molecule has 4 heteroatoms. The van der Waals surface area contributed by atoms with Crippen molar-refractivity contribution in [3.63, 3.8) is 0 Å². The van der Waals surface area contributed by atoms with Crippen molar-refractivity contribution in [2.24, 2.45) is 4.99 Å². The van der Waals surface area contributed by atoms with Crippen molar-refractivity contribution in [2.75, 3.05) is 5.75 Å². The van der Waals surface area contributed by atoms with Gasteiger partial charge in [-0.15, -0.1) is 0 Å². The average Bonchev–Trinajstić information content (AvgIpc) is 2.91. The molecule has 3 heterocycles. The molecule has 1 aromatic heterocycles. The summed E-state index contributed by atoms with van der Waals surface area (Å²) in [5, 5.41) is 1.22. The number of pyridine rings is 1. The van der Waals surface area contributed by atoms with Crippen LogP contribution in [0, 0.1) is 0 Å². The normalized spacial score (nSPS) is 31.5. The van der Waals surface area contributed by atoms with Gasteiger partial charge in [0.05, 0.1) is 11.7 Å². The summed E-state index contributed by atoms with van der Waals surface area (Å²) in [5.74, 6) is 1.19. The molecule has 2 aliphatic rings. The quantitative estimate of drug-likeness (QED) is 0.804. The molecule has 0 spiro atoms. The minimum absolute atomic E-state index is 0.216. The average molecular weight is 247 g/mol. The Morgan fingerprint density at radius 3 is 3.06 bits per heavy atom. The largest absolute Gasteiger partial charge is 0.342 e. The highest BCUT2D eigenvalue weighted by atomic mass is 32.2. The van der Waals surface area contributed by atoms with Crippen LogP contribution in [0.5, 0.6) is 0 Å². The van der Waals surface area contributed by atoms with E-state index in [9.17, 15) is 0 Å². The van der Waals surface area contributed by atoms with E-state index >= 15 is 0 Å². The van der Waals surface area contributed by atoms with Gasteiger partial charge in [0.15, 0.2) is 5.17 Å². The van der Waals surface area contributed by atoms with Gasteiger partial charge in [0.1, 0.15) is 6.04 Å². The van der Waals surface area contributed by atoms with Crippen LogP contribution in [0.1, 0.15) is 32.0 Å². The van der Waals surface area contributed by atoms with Crippen molar-refractivity contribution in [3.05, 3.63) is 30.1 Å². The van der Waals surface area contributed by atoms with Crippen LogP contribution in [-0.4, -0.2) is 32.9 Å². The third kappa shape index (κ3) is 1.75. The van der Waals surface area contributed by atoms with Crippen molar-refractivity contribution in [2.45, 2.75) is 38.4 Å². The molecule has 2 aliphatic heterocycles. The maximum absolute atomic E-state index is 4.84. The number of nitrogens with zero attached hydrogens (tertiary/aromatic N) is 3. The summed E-state index contributed by atoms with van der Waals surface area (Å²) in [6.07, 6.45) is 3.06. The van der Waals surface area contributed by atoms with Crippen molar-refractivity contribution in [3.8, 4) is 0 Å². The third-order valence-electron chi connectivity index (χ3n) is 3.63. The summed E-state index contributed by atoms with van der Waals surface area (Å²) in [5.41, 5.74) is 1.09. The van der Waals surface area contributed by atoms with E-state index in [0.29, 0.717) is 12.1 Å². The van der Waals surface area contributed by atoms with Crippen LogP contribution >= 0.6 is 11.8 Å². The third-order valence-corrected chi connectivity index (χ3v) is 4.75. The zero-order valence-corrected chi connectivity index (χ0v) is 11.0. The Kier molecular flexibility index (Phi) is 2.82. The Morgan fingerprint density at radius 1 is 1.47 bits per heavy atom. The van der Waals surface area contributed by atoms with Gasteiger partial charge in [0.25, 0.3) is 0 Å². The van der Waals surface area contributed by atoms with E-state index in [-0.39, 0.29) is 6.04 Å². The molecule has 0 aliphatic carbocycles. The van der Waals surface area contributed by atoms with Gasteiger partial charge in [0.2, 0.25) is 0 Å². The smallest absolute Gasteiger partial charge is 0.160 e. The number of amidine groups is 1. The summed E-state index contributed by atoms with van der Waals surface area (Å²) in [7, 11) is 0. The van der Waals surface area contributed by atoms with E-state index in [4.69, 9.17) is 4.99 Å². The zero-order valence-electron chi connectivity index (χ0n) is 10.2. The lowest BCUT2D eigenvalue weighted by molar-refractivity contribution is 0.268. The van der Waals surface area contributed by atoms with E-state index in [1.165, 1.54) is 17.3 Å². The van der Waals surface area contributed by atoms with Crippen molar-refractivity contribution < 1.29 is 0 Å². The van der Waals surface area contributed by atoms with Gasteiger partial charge < -0.3 is 4.90 Å². The predicted molar refractivity (Wildman–Crippen MR) is 72.3 cm³/mol. The fourth-order valence-electron chi connectivity index (χ4n) is 2.65. The maximum Gasteiger partial charge on any atom is 0.160 e.